The number of carbonyl (C=O) groups is 4. The minimum Gasteiger partial charge on any atom is -0.363 e. The maximum absolute atomic E-state index is 15.7. The molecule has 0 aromatic rings. The Kier molecular flexibility index (Phi) is 7.60. The quantitative estimate of drug-likeness (QED) is 0.273. The average molecular weight is 627 g/mol. The Labute approximate surface area is 231 Å². The van der Waals surface area contributed by atoms with Gasteiger partial charge in [0, 0.05) is 13.0 Å². The van der Waals surface area contributed by atoms with Gasteiger partial charge in [0.1, 0.15) is 61.5 Å². The molecule has 5 aliphatic rings. The Hall–Kier alpha value is -2.10. The van der Waals surface area contributed by atoms with Gasteiger partial charge in [0.15, 0.2) is 12.3 Å². The van der Waals surface area contributed by atoms with Gasteiger partial charge in [0.05, 0.1) is 29.0 Å². The zero-order valence-electron chi connectivity index (χ0n) is 21.1. The number of hydrogen-bond donors (Lipinski definition) is 0. The molecule has 3 saturated carbocycles. The zero-order valence-corrected chi connectivity index (χ0v) is 21.9. The van der Waals surface area contributed by atoms with Gasteiger partial charge < -0.3 is 4.74 Å². The number of ether oxygens (including phenoxy) is 1. The Morgan fingerprint density at radius 1 is 0.561 bits per heavy atom. The molecule has 17 heteroatoms. The van der Waals surface area contributed by atoms with Crippen LogP contribution in [-0.2, 0) is 23.9 Å². The summed E-state index contributed by atoms with van der Waals surface area (Å²) < 4.78 is 140. The van der Waals surface area contributed by atoms with Crippen molar-refractivity contribution in [3.8, 4) is 0 Å². The number of nitrogens with zero attached hydrogens (tertiary/aromatic N) is 2. The molecule has 7 nitrogen and oxygen atoms in total. The van der Waals surface area contributed by atoms with Gasteiger partial charge in [0.25, 0.3) is 0 Å². The number of rotatable bonds is 3. The molecule has 2 saturated heterocycles. The van der Waals surface area contributed by atoms with Crippen molar-refractivity contribution in [1.29, 1.82) is 0 Å². The molecule has 18 atom stereocenters. The number of halogens is 10. The van der Waals surface area contributed by atoms with E-state index < -0.39 is 132 Å². The molecule has 0 aromatic carbocycles. The number of fused-ring (bicyclic) bond motifs is 2. The molecule has 3 aliphatic carbocycles. The van der Waals surface area contributed by atoms with Crippen LogP contribution in [0.3, 0.4) is 0 Å². The summed E-state index contributed by atoms with van der Waals surface area (Å²) >= 11 is 5.67. The van der Waals surface area contributed by atoms with E-state index in [1.807, 2.05) is 0 Å². The summed E-state index contributed by atoms with van der Waals surface area (Å²) in [6.45, 7) is 0.965. The largest absolute Gasteiger partial charge is 0.363 e. The van der Waals surface area contributed by atoms with Gasteiger partial charge in [0.2, 0.25) is 23.6 Å². The highest BCUT2D eigenvalue weighted by Gasteiger charge is 2.69. The van der Waals surface area contributed by atoms with Gasteiger partial charge in [-0.2, -0.15) is 0 Å². The molecule has 5 rings (SSSR count). The number of hydrogen-bond acceptors (Lipinski definition) is 5. The van der Waals surface area contributed by atoms with Crippen LogP contribution in [0.1, 0.15) is 6.92 Å². The zero-order chi connectivity index (χ0) is 30.6. The standard InChI is InChI=1S/C24H24ClF9N2O5/c1-3-9(26)8(25)15(32)18(10(3)27)36-23(39)5-7(24(36)40)14(31)20(17(34)12(5)29)41-19-13(30)6-4(11(28)16(19)33)21(37)35(2)22(6)38/h3-20H,1-2H3. The highest BCUT2D eigenvalue weighted by molar-refractivity contribution is 6.21. The lowest BCUT2D eigenvalue weighted by Crippen LogP contribution is -2.62. The summed E-state index contributed by atoms with van der Waals surface area (Å²) in [5.41, 5.74) is 0. The van der Waals surface area contributed by atoms with Crippen molar-refractivity contribution in [2.45, 2.75) is 86.1 Å². The monoisotopic (exact) mass is 626 g/mol. The fraction of sp³-hybridized carbons (Fsp3) is 0.833. The smallest absolute Gasteiger partial charge is 0.236 e. The van der Waals surface area contributed by atoms with E-state index in [0.29, 0.717) is 4.90 Å². The van der Waals surface area contributed by atoms with E-state index >= 15 is 22.0 Å². The molecular weight excluding hydrogens is 603 g/mol. The number of carbonyl (C=O) groups excluding carboxylic acids is 4. The molecule has 18 unspecified atom stereocenters. The molecule has 5 fully saturated rings. The molecule has 0 spiro atoms. The predicted molar refractivity (Wildman–Crippen MR) is 119 cm³/mol. The third-order valence-electron chi connectivity index (χ3n) is 9.16. The first kappa shape index (κ1) is 30.4. The summed E-state index contributed by atoms with van der Waals surface area (Å²) in [5, 5.41) is -2.05. The molecule has 41 heavy (non-hydrogen) atoms. The van der Waals surface area contributed by atoms with Gasteiger partial charge in [-0.1, -0.05) is 6.92 Å². The predicted octanol–water partition coefficient (Wildman–Crippen LogP) is 2.27. The summed E-state index contributed by atoms with van der Waals surface area (Å²) in [4.78, 5) is 50.7. The topological polar surface area (TPSA) is 84.0 Å². The van der Waals surface area contributed by atoms with Crippen molar-refractivity contribution >= 4 is 35.2 Å². The number of imide groups is 2. The van der Waals surface area contributed by atoms with Crippen molar-refractivity contribution in [2.75, 3.05) is 7.05 Å². The highest BCUT2D eigenvalue weighted by Crippen LogP contribution is 2.49. The lowest BCUT2D eigenvalue weighted by molar-refractivity contribution is -0.206. The summed E-state index contributed by atoms with van der Waals surface area (Å²) in [6, 6.07) is -2.40. The Balaban J connectivity index is 1.43. The van der Waals surface area contributed by atoms with E-state index in [1.54, 1.807) is 0 Å². The van der Waals surface area contributed by atoms with Crippen LogP contribution in [0.5, 0.6) is 0 Å². The first-order valence-electron chi connectivity index (χ1n) is 12.8. The van der Waals surface area contributed by atoms with Gasteiger partial charge in [-0.15, -0.1) is 11.6 Å². The number of alkyl halides is 10. The Morgan fingerprint density at radius 3 is 1.41 bits per heavy atom. The third-order valence-corrected chi connectivity index (χ3v) is 9.65. The normalized spacial score (nSPS) is 54.0. The molecule has 0 radical (unpaired) electrons. The van der Waals surface area contributed by atoms with Gasteiger partial charge in [-0.3, -0.25) is 29.0 Å². The van der Waals surface area contributed by atoms with E-state index in [-0.39, 0.29) is 4.90 Å². The van der Waals surface area contributed by atoms with Crippen LogP contribution < -0.4 is 0 Å². The van der Waals surface area contributed by atoms with E-state index in [0.717, 1.165) is 14.0 Å². The molecule has 4 amide bonds. The molecule has 0 N–H and O–H groups in total. The molecule has 0 bridgehead atoms. The van der Waals surface area contributed by atoms with Gasteiger partial charge in [-0.05, 0) is 0 Å². The second-order valence-electron chi connectivity index (χ2n) is 11.2. The first-order valence-corrected chi connectivity index (χ1v) is 13.2. The van der Waals surface area contributed by atoms with Crippen LogP contribution in [0.2, 0.25) is 0 Å². The van der Waals surface area contributed by atoms with Crippen molar-refractivity contribution < 1.29 is 63.4 Å². The molecule has 2 aliphatic heterocycles. The van der Waals surface area contributed by atoms with Crippen molar-refractivity contribution in [3.63, 3.8) is 0 Å². The van der Waals surface area contributed by atoms with Crippen LogP contribution in [0.4, 0.5) is 39.5 Å². The lowest BCUT2D eigenvalue weighted by atomic mass is 9.74. The first-order chi connectivity index (χ1) is 19.1. The second kappa shape index (κ2) is 10.3. The van der Waals surface area contributed by atoms with E-state index in [1.165, 1.54) is 0 Å². The second-order valence-corrected chi connectivity index (χ2v) is 11.7. The molecular formula is C24H24ClF9N2O5. The van der Waals surface area contributed by atoms with Crippen LogP contribution in [0, 0.1) is 29.6 Å². The van der Waals surface area contributed by atoms with Gasteiger partial charge >= 0.3 is 0 Å². The Morgan fingerprint density at radius 2 is 0.951 bits per heavy atom. The van der Waals surface area contributed by atoms with Crippen LogP contribution in [-0.4, -0.2) is 120 Å². The fourth-order valence-electron chi connectivity index (χ4n) is 6.83. The summed E-state index contributed by atoms with van der Waals surface area (Å²) in [5.74, 6) is -16.7. The lowest BCUT2D eigenvalue weighted by Gasteiger charge is -2.43. The third kappa shape index (κ3) is 4.04. The van der Waals surface area contributed by atoms with Crippen LogP contribution in [0.25, 0.3) is 0 Å². The maximum atomic E-state index is 15.7. The average Bonchev–Trinajstić information content (AvgIpc) is 3.32. The molecule has 230 valence electrons. The van der Waals surface area contributed by atoms with Crippen LogP contribution in [0.15, 0.2) is 0 Å². The highest BCUT2D eigenvalue weighted by atomic mass is 35.5. The summed E-state index contributed by atoms with van der Waals surface area (Å²) in [6.07, 6.45) is -31.1. The summed E-state index contributed by atoms with van der Waals surface area (Å²) in [7, 11) is 0.890. The van der Waals surface area contributed by atoms with E-state index in [9.17, 15) is 36.7 Å². The number of amides is 4. The molecule has 0 aromatic heterocycles. The van der Waals surface area contributed by atoms with E-state index in [4.69, 9.17) is 16.3 Å². The Bertz CT molecular complexity index is 1130. The van der Waals surface area contributed by atoms with E-state index in [2.05, 4.69) is 0 Å². The fourth-order valence-corrected chi connectivity index (χ4v) is 7.21. The number of likely N-dealkylation sites (tertiary alicyclic amines) is 2. The minimum absolute atomic E-state index is 0.145. The minimum atomic E-state index is -3.19. The van der Waals surface area contributed by atoms with Crippen molar-refractivity contribution in [3.05, 3.63) is 0 Å². The van der Waals surface area contributed by atoms with Crippen LogP contribution >= 0.6 is 11.6 Å². The molecule has 2 heterocycles. The van der Waals surface area contributed by atoms with Gasteiger partial charge in [-0.25, -0.2) is 39.5 Å². The van der Waals surface area contributed by atoms with Crippen molar-refractivity contribution in [1.82, 2.24) is 9.80 Å². The van der Waals surface area contributed by atoms with Crippen molar-refractivity contribution in [2.24, 2.45) is 29.6 Å². The SMILES string of the molecule is CC1C(F)C(Cl)C(F)C(N2C(=O)C3C(F)C(F)C(OC4C(F)C(F)C5C(=O)N(C)C(=O)C5C4F)C(F)C3C2=O)C1F. The maximum Gasteiger partial charge on any atom is 0.236 e.